The van der Waals surface area contributed by atoms with Crippen LogP contribution in [0.25, 0.3) is 0 Å². The highest BCUT2D eigenvalue weighted by atomic mass is 35.5. The number of nitrogens with zero attached hydrogens (tertiary/aromatic N) is 1. The molecule has 1 aromatic carbocycles. The molecule has 2 heterocycles. The molecule has 10 heteroatoms. The molecule has 0 aromatic heterocycles. The summed E-state index contributed by atoms with van der Waals surface area (Å²) in [5, 5.41) is -0.233. The van der Waals surface area contributed by atoms with Crippen LogP contribution >= 0.6 is 11.6 Å². The Bertz CT molecular complexity index is 735. The van der Waals surface area contributed by atoms with Crippen LogP contribution in [-0.2, 0) is 25.7 Å². The summed E-state index contributed by atoms with van der Waals surface area (Å²) < 4.78 is 76.4. The van der Waals surface area contributed by atoms with E-state index >= 15 is 0 Å². The molecule has 0 spiro atoms. The Kier molecular flexibility index (Phi) is 5.32. The van der Waals surface area contributed by atoms with E-state index in [-0.39, 0.29) is 24.0 Å². The van der Waals surface area contributed by atoms with Crippen molar-refractivity contribution in [3.63, 3.8) is 0 Å². The molecule has 0 aliphatic carbocycles. The van der Waals surface area contributed by atoms with Crippen LogP contribution in [0.2, 0.25) is 5.02 Å². The zero-order valence-corrected chi connectivity index (χ0v) is 14.7. The lowest BCUT2D eigenvalue weighted by Gasteiger charge is -2.34. The largest absolute Gasteiger partial charge is 0.416 e. The van der Waals surface area contributed by atoms with Gasteiger partial charge in [0.15, 0.2) is 6.29 Å². The average molecular weight is 400 g/mol. The third-order valence-electron chi connectivity index (χ3n) is 4.33. The number of halogens is 4. The molecule has 0 radical (unpaired) electrons. The summed E-state index contributed by atoms with van der Waals surface area (Å²) in [6, 6.07) is 2.31. The molecule has 0 N–H and O–H groups in total. The second-order valence-electron chi connectivity index (χ2n) is 6.02. The number of rotatable bonds is 3. The van der Waals surface area contributed by atoms with E-state index in [9.17, 15) is 21.6 Å². The third-order valence-corrected chi connectivity index (χ3v) is 6.68. The number of alkyl halides is 3. The van der Waals surface area contributed by atoms with E-state index in [4.69, 9.17) is 21.1 Å². The number of benzene rings is 1. The predicted octanol–water partition coefficient (Wildman–Crippen LogP) is 3.13. The van der Waals surface area contributed by atoms with Crippen molar-refractivity contribution in [3.8, 4) is 0 Å². The van der Waals surface area contributed by atoms with Crippen LogP contribution in [0.5, 0.6) is 0 Å². The van der Waals surface area contributed by atoms with Crippen molar-refractivity contribution in [3.05, 3.63) is 28.8 Å². The quantitative estimate of drug-likeness (QED) is 0.783. The number of hydrogen-bond donors (Lipinski definition) is 0. The lowest BCUT2D eigenvalue weighted by molar-refractivity contribution is -0.137. The summed E-state index contributed by atoms with van der Waals surface area (Å²) >= 11 is 5.89. The molecule has 0 bridgehead atoms. The fraction of sp³-hybridized carbons (Fsp3) is 0.600. The van der Waals surface area contributed by atoms with E-state index in [1.807, 2.05) is 0 Å². The van der Waals surface area contributed by atoms with E-state index in [1.54, 1.807) is 0 Å². The number of sulfonamides is 1. The van der Waals surface area contributed by atoms with Gasteiger partial charge < -0.3 is 9.47 Å². The summed E-state index contributed by atoms with van der Waals surface area (Å²) in [5.41, 5.74) is -1.05. The van der Waals surface area contributed by atoms with Crippen molar-refractivity contribution >= 4 is 21.6 Å². The Labute approximate surface area is 148 Å². The van der Waals surface area contributed by atoms with Crippen LogP contribution in [0.15, 0.2) is 23.1 Å². The summed E-state index contributed by atoms with van der Waals surface area (Å²) in [6.45, 7) is 1.25. The number of hydrogen-bond acceptors (Lipinski definition) is 4. The first-order valence-electron chi connectivity index (χ1n) is 7.80. The maximum absolute atomic E-state index is 12.9. The van der Waals surface area contributed by atoms with E-state index in [2.05, 4.69) is 0 Å². The first-order chi connectivity index (χ1) is 11.7. The summed E-state index contributed by atoms with van der Waals surface area (Å²) in [4.78, 5) is -0.530. The first kappa shape index (κ1) is 18.9. The highest BCUT2D eigenvalue weighted by molar-refractivity contribution is 7.89. The molecule has 1 aromatic rings. The molecule has 25 heavy (non-hydrogen) atoms. The molecule has 2 aliphatic heterocycles. The molecule has 0 saturated carbocycles. The van der Waals surface area contributed by atoms with Crippen molar-refractivity contribution in [2.24, 2.45) is 5.92 Å². The Morgan fingerprint density at radius 1 is 1.20 bits per heavy atom. The van der Waals surface area contributed by atoms with Gasteiger partial charge in [-0.3, -0.25) is 0 Å². The van der Waals surface area contributed by atoms with Crippen LogP contribution < -0.4 is 0 Å². The summed E-state index contributed by atoms with van der Waals surface area (Å²) in [5.74, 6) is -0.157. The lowest BCUT2D eigenvalue weighted by atomic mass is 9.99. The first-order valence-corrected chi connectivity index (χ1v) is 9.61. The van der Waals surface area contributed by atoms with Crippen molar-refractivity contribution in [1.82, 2.24) is 4.31 Å². The standard InChI is InChI=1S/C15H17ClF3NO4S/c16-12-4-3-11(15(17,18)19)8-13(12)25(21,22)20-5-1-2-10(9-20)14-23-6-7-24-14/h3-4,8,10,14H,1-2,5-7,9H2/t10-/m0/s1. The van der Waals surface area contributed by atoms with Gasteiger partial charge in [-0.25, -0.2) is 8.42 Å². The SMILES string of the molecule is O=S(=O)(c1cc(C(F)(F)F)ccc1Cl)N1CCC[C@H](C2OCCO2)C1. The molecule has 140 valence electrons. The van der Waals surface area contributed by atoms with Crippen molar-refractivity contribution in [2.45, 2.75) is 30.2 Å². The average Bonchev–Trinajstić information content (AvgIpc) is 3.08. The molecule has 1 atom stereocenters. The van der Waals surface area contributed by atoms with Gasteiger partial charge in [0.2, 0.25) is 10.0 Å². The number of ether oxygens (including phenoxy) is 2. The van der Waals surface area contributed by atoms with Crippen LogP contribution in [0.1, 0.15) is 18.4 Å². The molecule has 2 aliphatic rings. The fourth-order valence-electron chi connectivity index (χ4n) is 3.08. The lowest BCUT2D eigenvalue weighted by Crippen LogP contribution is -2.43. The van der Waals surface area contributed by atoms with Gasteiger partial charge in [-0.05, 0) is 31.0 Å². The molecular formula is C15H17ClF3NO4S. The summed E-state index contributed by atoms with van der Waals surface area (Å²) in [7, 11) is -4.15. The van der Waals surface area contributed by atoms with Crippen molar-refractivity contribution < 1.29 is 31.1 Å². The molecule has 0 unspecified atom stereocenters. The third kappa shape index (κ3) is 3.95. The predicted molar refractivity (Wildman–Crippen MR) is 83.6 cm³/mol. The molecule has 3 rings (SSSR count). The molecule has 2 fully saturated rings. The highest BCUT2D eigenvalue weighted by Gasteiger charge is 2.38. The van der Waals surface area contributed by atoms with E-state index in [0.29, 0.717) is 25.7 Å². The van der Waals surface area contributed by atoms with Crippen molar-refractivity contribution in [1.29, 1.82) is 0 Å². The number of piperidine rings is 1. The zero-order valence-electron chi connectivity index (χ0n) is 13.1. The Morgan fingerprint density at radius 2 is 1.88 bits per heavy atom. The van der Waals surface area contributed by atoms with Gasteiger partial charge in [0, 0.05) is 19.0 Å². The van der Waals surface area contributed by atoms with Crippen LogP contribution in [0.3, 0.4) is 0 Å². The minimum absolute atomic E-state index is 0.125. The minimum Gasteiger partial charge on any atom is -0.350 e. The van der Waals surface area contributed by atoms with E-state index in [1.165, 1.54) is 0 Å². The molecular weight excluding hydrogens is 383 g/mol. The van der Waals surface area contributed by atoms with Gasteiger partial charge in [-0.1, -0.05) is 11.6 Å². The summed E-state index contributed by atoms with van der Waals surface area (Å²) in [6.07, 6.45) is -3.82. The molecule has 2 saturated heterocycles. The van der Waals surface area contributed by atoms with Gasteiger partial charge in [0.25, 0.3) is 0 Å². The second-order valence-corrected chi connectivity index (χ2v) is 8.33. The van der Waals surface area contributed by atoms with Gasteiger partial charge in [-0.15, -0.1) is 0 Å². The normalized spacial score (nSPS) is 23.9. The van der Waals surface area contributed by atoms with Crippen LogP contribution in [0, 0.1) is 5.92 Å². The Hall–Kier alpha value is -0.870. The Morgan fingerprint density at radius 3 is 2.52 bits per heavy atom. The second kappa shape index (κ2) is 7.03. The monoisotopic (exact) mass is 399 g/mol. The molecule has 5 nitrogen and oxygen atoms in total. The smallest absolute Gasteiger partial charge is 0.350 e. The highest BCUT2D eigenvalue weighted by Crippen LogP contribution is 2.36. The molecule has 0 amide bonds. The fourth-order valence-corrected chi connectivity index (χ4v) is 5.12. The minimum atomic E-state index is -4.65. The topological polar surface area (TPSA) is 55.8 Å². The van der Waals surface area contributed by atoms with Gasteiger partial charge in [0.05, 0.1) is 23.8 Å². The van der Waals surface area contributed by atoms with Gasteiger partial charge in [-0.2, -0.15) is 17.5 Å². The van der Waals surface area contributed by atoms with Crippen molar-refractivity contribution in [2.75, 3.05) is 26.3 Å². The van der Waals surface area contributed by atoms with E-state index in [0.717, 1.165) is 22.9 Å². The van der Waals surface area contributed by atoms with E-state index < -0.39 is 32.9 Å². The zero-order chi connectivity index (χ0) is 18.2. The maximum Gasteiger partial charge on any atom is 0.416 e. The van der Waals surface area contributed by atoms with Gasteiger partial charge >= 0.3 is 6.18 Å². The van der Waals surface area contributed by atoms with Crippen LogP contribution in [-0.4, -0.2) is 45.3 Å². The Balaban J connectivity index is 1.88. The van der Waals surface area contributed by atoms with Crippen LogP contribution in [0.4, 0.5) is 13.2 Å². The maximum atomic E-state index is 12.9. The van der Waals surface area contributed by atoms with Gasteiger partial charge in [0.1, 0.15) is 4.90 Å².